The quantitative estimate of drug-likeness (QED) is 0.491. The molecule has 4 aliphatic rings. The van der Waals surface area contributed by atoms with Crippen molar-refractivity contribution in [2.24, 2.45) is 23.2 Å². The van der Waals surface area contributed by atoms with Crippen LogP contribution in [0.25, 0.3) is 16.3 Å². The molecule has 3 saturated carbocycles. The molecule has 6 unspecified atom stereocenters. The van der Waals surface area contributed by atoms with Gasteiger partial charge in [0.25, 0.3) is 5.56 Å². The fourth-order valence-electron chi connectivity index (χ4n) is 8.16. The zero-order valence-corrected chi connectivity index (χ0v) is 20.1. The van der Waals surface area contributed by atoms with Gasteiger partial charge in [0.15, 0.2) is 0 Å². The van der Waals surface area contributed by atoms with Gasteiger partial charge in [-0.05, 0) is 104 Å². The number of aromatic nitrogens is 1. The van der Waals surface area contributed by atoms with Crippen LogP contribution < -0.4 is 5.56 Å². The lowest BCUT2D eigenvalue weighted by Gasteiger charge is -2.57. The second-order valence-corrected chi connectivity index (χ2v) is 12.3. The molecule has 0 saturated heterocycles. The summed E-state index contributed by atoms with van der Waals surface area (Å²) in [5.41, 5.74) is 1.18. The number of nitrogens with one attached hydrogen (secondary N) is 1. The van der Waals surface area contributed by atoms with Gasteiger partial charge in [-0.1, -0.05) is 25.1 Å². The molecule has 1 aromatic heterocycles. The molecule has 3 N–H and O–H groups in total. The number of halogens is 1. The molecular weight excluding hydrogens is 434 g/mol. The second-order valence-electron chi connectivity index (χ2n) is 11.6. The zero-order valence-electron chi connectivity index (χ0n) is 19.3. The first-order valence-electron chi connectivity index (χ1n) is 12.7. The topological polar surface area (TPSA) is 73.3 Å². The van der Waals surface area contributed by atoms with E-state index >= 15 is 0 Å². The number of hydrogen-bond acceptors (Lipinski definition) is 3. The number of hydrogen-bond donors (Lipinski definition) is 3. The molecule has 0 radical (unpaired) electrons. The average Bonchev–Trinajstić information content (AvgIpc) is 3.09. The van der Waals surface area contributed by atoms with Crippen LogP contribution in [-0.2, 0) is 0 Å². The molecule has 2 aromatic rings. The minimum absolute atomic E-state index is 0.0646. The Labute approximate surface area is 200 Å². The number of aliphatic hydroxyl groups is 2. The number of benzene rings is 1. The number of rotatable bonds is 1. The Balaban J connectivity index is 1.36. The van der Waals surface area contributed by atoms with Crippen molar-refractivity contribution in [3.8, 4) is 0 Å². The number of fused-ring (bicyclic) bond motifs is 5. The van der Waals surface area contributed by atoms with Gasteiger partial charge in [-0.3, -0.25) is 4.79 Å². The predicted molar refractivity (Wildman–Crippen MR) is 132 cm³/mol. The van der Waals surface area contributed by atoms with Crippen LogP contribution in [0.5, 0.6) is 0 Å². The largest absolute Gasteiger partial charge is 0.393 e. The van der Waals surface area contributed by atoms with Crippen LogP contribution in [-0.4, -0.2) is 31.8 Å². The van der Waals surface area contributed by atoms with Crippen molar-refractivity contribution in [2.45, 2.75) is 81.3 Å². The van der Waals surface area contributed by atoms with E-state index in [9.17, 15) is 15.0 Å². The highest BCUT2D eigenvalue weighted by Crippen LogP contribution is 2.67. The normalized spacial score (nSPS) is 42.7. The van der Waals surface area contributed by atoms with Gasteiger partial charge in [-0.15, -0.1) is 11.6 Å². The molecule has 0 amide bonds. The fraction of sp³-hybridized carbons (Fsp3) is 0.607. The number of allylic oxidation sites excluding steroid dienone is 2. The van der Waals surface area contributed by atoms with Crippen molar-refractivity contribution in [3.63, 3.8) is 0 Å². The zero-order chi connectivity index (χ0) is 23.0. The molecule has 4 nitrogen and oxygen atoms in total. The Morgan fingerprint density at radius 3 is 2.79 bits per heavy atom. The van der Waals surface area contributed by atoms with Crippen LogP contribution in [0.3, 0.4) is 0 Å². The van der Waals surface area contributed by atoms with Crippen LogP contribution in [0.4, 0.5) is 0 Å². The number of H-pyrrole nitrogens is 1. The van der Waals surface area contributed by atoms with Crippen molar-refractivity contribution in [1.82, 2.24) is 4.98 Å². The van der Waals surface area contributed by atoms with Crippen LogP contribution in [0.1, 0.15) is 70.3 Å². The van der Waals surface area contributed by atoms with E-state index in [4.69, 9.17) is 11.6 Å². The average molecular weight is 468 g/mol. The van der Waals surface area contributed by atoms with E-state index in [1.165, 1.54) is 5.57 Å². The van der Waals surface area contributed by atoms with Crippen LogP contribution >= 0.6 is 11.6 Å². The van der Waals surface area contributed by atoms with Crippen molar-refractivity contribution in [2.75, 3.05) is 0 Å². The highest BCUT2D eigenvalue weighted by Gasteiger charge is 2.65. The molecule has 0 bridgehead atoms. The van der Waals surface area contributed by atoms with Gasteiger partial charge in [-0.2, -0.15) is 0 Å². The van der Waals surface area contributed by atoms with Crippen molar-refractivity contribution in [3.05, 3.63) is 52.5 Å². The molecule has 176 valence electrons. The van der Waals surface area contributed by atoms with E-state index in [1.54, 1.807) is 6.20 Å². The van der Waals surface area contributed by atoms with Crippen LogP contribution in [0.2, 0.25) is 0 Å². The Bertz CT molecular complexity index is 1190. The predicted octanol–water partition coefficient (Wildman–Crippen LogP) is 5.40. The van der Waals surface area contributed by atoms with E-state index in [-0.39, 0.29) is 23.0 Å². The van der Waals surface area contributed by atoms with Crippen molar-refractivity contribution < 1.29 is 10.2 Å². The molecule has 6 rings (SSSR count). The summed E-state index contributed by atoms with van der Waals surface area (Å²) in [4.78, 5) is 14.6. The van der Waals surface area contributed by atoms with Crippen LogP contribution in [0.15, 0.2) is 41.3 Å². The lowest BCUT2D eigenvalue weighted by atomic mass is 9.53. The Kier molecular flexibility index (Phi) is 4.93. The first-order valence-corrected chi connectivity index (χ1v) is 13.0. The maximum absolute atomic E-state index is 12.4. The van der Waals surface area contributed by atoms with Gasteiger partial charge in [0.1, 0.15) is 0 Å². The third-order valence-corrected chi connectivity index (χ3v) is 10.7. The number of alkyl halides is 1. The smallest absolute Gasteiger partial charge is 0.255 e. The Hall–Kier alpha value is -1.62. The lowest BCUT2D eigenvalue weighted by molar-refractivity contribution is -0.118. The first-order chi connectivity index (χ1) is 15.7. The molecule has 33 heavy (non-hydrogen) atoms. The number of aromatic amines is 1. The fourth-order valence-corrected chi connectivity index (χ4v) is 8.68. The summed E-state index contributed by atoms with van der Waals surface area (Å²) in [6.07, 6.45) is 11.6. The summed E-state index contributed by atoms with van der Waals surface area (Å²) in [5, 5.41) is 24.3. The highest BCUT2D eigenvalue weighted by atomic mass is 35.5. The minimum atomic E-state index is -0.920. The monoisotopic (exact) mass is 467 g/mol. The van der Waals surface area contributed by atoms with Gasteiger partial charge < -0.3 is 15.2 Å². The number of pyridine rings is 1. The minimum Gasteiger partial charge on any atom is -0.393 e. The second kappa shape index (κ2) is 7.44. The molecule has 5 heteroatoms. The molecule has 7 atom stereocenters. The summed E-state index contributed by atoms with van der Waals surface area (Å²) >= 11 is 7.41. The van der Waals surface area contributed by atoms with Gasteiger partial charge >= 0.3 is 0 Å². The molecule has 0 aliphatic heterocycles. The van der Waals surface area contributed by atoms with Crippen molar-refractivity contribution >= 4 is 27.9 Å². The molecule has 0 spiro atoms. The third kappa shape index (κ3) is 3.13. The highest BCUT2D eigenvalue weighted by molar-refractivity contribution is 6.25. The molecule has 1 aromatic carbocycles. The van der Waals surface area contributed by atoms with Crippen LogP contribution in [0, 0.1) is 23.2 Å². The van der Waals surface area contributed by atoms with Gasteiger partial charge in [-0.25, -0.2) is 0 Å². The molecule has 1 heterocycles. The molecule has 3 fully saturated rings. The van der Waals surface area contributed by atoms with Gasteiger partial charge in [0.05, 0.1) is 16.6 Å². The van der Waals surface area contributed by atoms with E-state index < -0.39 is 10.5 Å². The van der Waals surface area contributed by atoms with E-state index in [0.29, 0.717) is 17.2 Å². The first kappa shape index (κ1) is 21.9. The Morgan fingerprint density at radius 2 is 1.94 bits per heavy atom. The maximum Gasteiger partial charge on any atom is 0.255 e. The summed E-state index contributed by atoms with van der Waals surface area (Å²) in [6, 6.07) is 8.10. The molecule has 4 aliphatic carbocycles. The SMILES string of the molecule is CC12CCC3(Cl)CC4CC(O)CCC4CC[C@]3(O)C1CC=C2c1ccc2cc[nH]c(=O)c2c1. The van der Waals surface area contributed by atoms with Gasteiger partial charge in [0, 0.05) is 17.5 Å². The van der Waals surface area contributed by atoms with Gasteiger partial charge in [0.2, 0.25) is 0 Å². The molecular formula is C28H34ClNO3. The standard InChI is InChI=1S/C28H34ClNO3/c1-26-11-12-27(29)16-20-14-21(31)5-4-17(20)8-10-28(27,33)24(26)7-6-23(26)19-3-2-18-9-13-30-25(32)22(18)15-19/h2-3,6,9,13,15,17,20-21,24,31,33H,4-5,7-8,10-12,14,16H2,1H3,(H,30,32)/t17?,20?,21?,24?,26?,27?,28-/m0/s1. The number of aliphatic hydroxyl groups excluding tert-OH is 1. The summed E-state index contributed by atoms with van der Waals surface area (Å²) < 4.78 is 0. The summed E-state index contributed by atoms with van der Waals surface area (Å²) in [7, 11) is 0. The maximum atomic E-state index is 12.4. The lowest BCUT2D eigenvalue weighted by Crippen LogP contribution is -2.62. The summed E-state index contributed by atoms with van der Waals surface area (Å²) in [5.74, 6) is 1.04. The summed E-state index contributed by atoms with van der Waals surface area (Å²) in [6.45, 7) is 2.30. The van der Waals surface area contributed by atoms with Crippen molar-refractivity contribution in [1.29, 1.82) is 0 Å². The van der Waals surface area contributed by atoms with E-state index in [1.807, 2.05) is 18.2 Å². The Morgan fingerprint density at radius 1 is 1.09 bits per heavy atom. The third-order valence-electron chi connectivity index (χ3n) is 10.0. The van der Waals surface area contributed by atoms with E-state index in [2.05, 4.69) is 24.1 Å². The van der Waals surface area contributed by atoms with E-state index in [0.717, 1.165) is 68.7 Å².